The summed E-state index contributed by atoms with van der Waals surface area (Å²) in [7, 11) is 0. The number of hydrogen-bond acceptors (Lipinski definition) is 3. The molecule has 0 fully saturated rings. The van der Waals surface area contributed by atoms with Gasteiger partial charge in [0.1, 0.15) is 0 Å². The zero-order valence-electron chi connectivity index (χ0n) is 8.94. The fourth-order valence-electron chi connectivity index (χ4n) is 1.39. The van der Waals surface area contributed by atoms with Crippen LogP contribution in [-0.2, 0) is 6.54 Å². The number of halogens is 1. The van der Waals surface area contributed by atoms with Gasteiger partial charge in [0.25, 0.3) is 5.91 Å². The third-order valence-electron chi connectivity index (χ3n) is 2.29. The molecule has 0 aliphatic rings. The topological polar surface area (TPSA) is 68.3 Å². The van der Waals surface area contributed by atoms with Crippen LogP contribution in [0.2, 0.25) is 0 Å². The van der Waals surface area contributed by atoms with Crippen molar-refractivity contribution >= 4 is 27.5 Å². The zero-order valence-corrected chi connectivity index (χ0v) is 10.5. The van der Waals surface area contributed by atoms with Gasteiger partial charge in [-0.2, -0.15) is 0 Å². The normalized spacial score (nSPS) is 10.2. The molecule has 1 amide bonds. The second-order valence-electron chi connectivity index (χ2n) is 3.49. The fourth-order valence-corrected chi connectivity index (χ4v) is 1.70. The molecule has 88 valence electrons. The lowest BCUT2D eigenvalue weighted by atomic mass is 10.2. The summed E-state index contributed by atoms with van der Waals surface area (Å²) >= 11 is 3.14. The number of rotatable bonds is 3. The molecule has 1 aromatic heterocycles. The lowest BCUT2D eigenvalue weighted by molar-refractivity contribution is 0.0922. The molecule has 0 atom stereocenters. The largest absolute Gasteiger partial charge is 0.444 e. The highest BCUT2D eigenvalue weighted by Crippen LogP contribution is 2.14. The zero-order chi connectivity index (χ0) is 12.3. The molecule has 0 radical (unpaired) electrons. The van der Waals surface area contributed by atoms with Crippen molar-refractivity contribution in [3.8, 4) is 0 Å². The van der Waals surface area contributed by atoms with Crippen molar-refractivity contribution in [3.05, 3.63) is 52.4 Å². The van der Waals surface area contributed by atoms with Crippen LogP contribution in [0.1, 0.15) is 16.1 Å². The standard InChI is InChI=1S/C12H11BrN2O2/c13-11-6-5-10(17-11)12(16)15-7-8-3-1-2-4-9(8)14/h1-6H,7,14H2,(H,15,16). The quantitative estimate of drug-likeness (QED) is 0.855. The maximum Gasteiger partial charge on any atom is 0.287 e. The molecule has 3 N–H and O–H groups in total. The molecular weight excluding hydrogens is 284 g/mol. The van der Waals surface area contributed by atoms with E-state index < -0.39 is 0 Å². The van der Waals surface area contributed by atoms with Crippen molar-refractivity contribution in [1.29, 1.82) is 0 Å². The summed E-state index contributed by atoms with van der Waals surface area (Å²) in [5.74, 6) is 0.00494. The Labute approximate surface area is 107 Å². The number of carbonyl (C=O) groups is 1. The Morgan fingerprint density at radius 2 is 2.06 bits per heavy atom. The lowest BCUT2D eigenvalue weighted by Crippen LogP contribution is -2.22. The van der Waals surface area contributed by atoms with E-state index in [0.29, 0.717) is 16.9 Å². The molecule has 0 aliphatic heterocycles. The van der Waals surface area contributed by atoms with Gasteiger partial charge in [0, 0.05) is 12.2 Å². The summed E-state index contributed by atoms with van der Waals surface area (Å²) in [5.41, 5.74) is 7.31. The molecule has 2 rings (SSSR count). The molecule has 4 nitrogen and oxygen atoms in total. The number of anilines is 1. The van der Waals surface area contributed by atoms with Gasteiger partial charge in [0.05, 0.1) is 0 Å². The molecule has 0 aliphatic carbocycles. The summed E-state index contributed by atoms with van der Waals surface area (Å²) in [6.45, 7) is 0.379. The Morgan fingerprint density at radius 3 is 2.71 bits per heavy atom. The first-order chi connectivity index (χ1) is 8.16. The van der Waals surface area contributed by atoms with Crippen LogP contribution in [0, 0.1) is 0 Å². The number of nitrogens with one attached hydrogen (secondary N) is 1. The molecule has 5 heteroatoms. The summed E-state index contributed by atoms with van der Waals surface area (Å²) in [6.07, 6.45) is 0. The van der Waals surface area contributed by atoms with Crippen LogP contribution < -0.4 is 11.1 Å². The third kappa shape index (κ3) is 2.88. The van der Waals surface area contributed by atoms with Crippen molar-refractivity contribution in [2.75, 3.05) is 5.73 Å². The minimum atomic E-state index is -0.265. The predicted octanol–water partition coefficient (Wildman–Crippen LogP) is 2.55. The number of benzene rings is 1. The van der Waals surface area contributed by atoms with E-state index in [9.17, 15) is 4.79 Å². The molecule has 0 saturated heterocycles. The Hall–Kier alpha value is -1.75. The highest BCUT2D eigenvalue weighted by atomic mass is 79.9. The second-order valence-corrected chi connectivity index (χ2v) is 4.27. The first-order valence-corrected chi connectivity index (χ1v) is 5.83. The van der Waals surface area contributed by atoms with Gasteiger partial charge in [0.15, 0.2) is 10.4 Å². The summed E-state index contributed by atoms with van der Waals surface area (Å²) in [5, 5.41) is 2.74. The molecule has 1 aromatic carbocycles. The number of para-hydroxylation sites is 1. The smallest absolute Gasteiger partial charge is 0.287 e. The Morgan fingerprint density at radius 1 is 1.29 bits per heavy atom. The maximum atomic E-state index is 11.7. The van der Waals surface area contributed by atoms with Gasteiger partial charge >= 0.3 is 0 Å². The fraction of sp³-hybridized carbons (Fsp3) is 0.0833. The van der Waals surface area contributed by atoms with Crippen LogP contribution in [0.15, 0.2) is 45.5 Å². The number of nitrogens with two attached hydrogens (primary N) is 1. The number of furan rings is 1. The lowest BCUT2D eigenvalue weighted by Gasteiger charge is -2.05. The van der Waals surface area contributed by atoms with E-state index in [1.165, 1.54) is 0 Å². The number of hydrogen-bond donors (Lipinski definition) is 2. The van der Waals surface area contributed by atoms with Crippen molar-refractivity contribution in [2.45, 2.75) is 6.54 Å². The van der Waals surface area contributed by atoms with Crippen LogP contribution in [0.3, 0.4) is 0 Å². The van der Waals surface area contributed by atoms with Crippen LogP contribution >= 0.6 is 15.9 Å². The van der Waals surface area contributed by atoms with Gasteiger partial charge in [-0.3, -0.25) is 4.79 Å². The van der Waals surface area contributed by atoms with Gasteiger partial charge in [-0.05, 0) is 39.7 Å². The molecule has 17 heavy (non-hydrogen) atoms. The monoisotopic (exact) mass is 294 g/mol. The Kier molecular flexibility index (Phi) is 3.49. The van der Waals surface area contributed by atoms with E-state index in [4.69, 9.17) is 10.2 Å². The molecule has 0 spiro atoms. The van der Waals surface area contributed by atoms with Crippen molar-refractivity contribution in [1.82, 2.24) is 5.32 Å². The maximum absolute atomic E-state index is 11.7. The van der Waals surface area contributed by atoms with Crippen LogP contribution in [0.4, 0.5) is 5.69 Å². The highest BCUT2D eigenvalue weighted by molar-refractivity contribution is 9.10. The first-order valence-electron chi connectivity index (χ1n) is 5.04. The number of amides is 1. The van der Waals surface area contributed by atoms with Gasteiger partial charge in [-0.25, -0.2) is 0 Å². The summed E-state index contributed by atoms with van der Waals surface area (Å²) < 4.78 is 5.67. The number of carbonyl (C=O) groups excluding carboxylic acids is 1. The predicted molar refractivity (Wildman–Crippen MR) is 68.4 cm³/mol. The third-order valence-corrected chi connectivity index (χ3v) is 2.72. The van der Waals surface area contributed by atoms with Gasteiger partial charge < -0.3 is 15.5 Å². The van der Waals surface area contributed by atoms with Crippen molar-refractivity contribution < 1.29 is 9.21 Å². The van der Waals surface area contributed by atoms with E-state index >= 15 is 0 Å². The molecule has 0 saturated carbocycles. The van der Waals surface area contributed by atoms with Crippen molar-refractivity contribution in [3.63, 3.8) is 0 Å². The van der Waals surface area contributed by atoms with E-state index in [-0.39, 0.29) is 11.7 Å². The second kappa shape index (κ2) is 5.05. The average molecular weight is 295 g/mol. The Balaban J connectivity index is 1.99. The van der Waals surface area contributed by atoms with Crippen molar-refractivity contribution in [2.24, 2.45) is 0 Å². The molecule has 1 heterocycles. The number of nitrogen functional groups attached to an aromatic ring is 1. The van der Waals surface area contributed by atoms with E-state index in [1.54, 1.807) is 18.2 Å². The SMILES string of the molecule is Nc1ccccc1CNC(=O)c1ccc(Br)o1. The minimum absolute atomic E-state index is 0.265. The van der Waals surface area contributed by atoms with Gasteiger partial charge in [-0.1, -0.05) is 18.2 Å². The van der Waals surface area contributed by atoms with E-state index in [1.807, 2.05) is 18.2 Å². The van der Waals surface area contributed by atoms with E-state index in [0.717, 1.165) is 5.56 Å². The average Bonchev–Trinajstić information content (AvgIpc) is 2.74. The molecule has 0 unspecified atom stereocenters. The van der Waals surface area contributed by atoms with Crippen LogP contribution in [-0.4, -0.2) is 5.91 Å². The molecular formula is C12H11BrN2O2. The first kappa shape index (κ1) is 11.7. The minimum Gasteiger partial charge on any atom is -0.444 e. The molecule has 0 bridgehead atoms. The molecule has 2 aromatic rings. The Bertz CT molecular complexity index is 537. The van der Waals surface area contributed by atoms with Gasteiger partial charge in [0.2, 0.25) is 0 Å². The van der Waals surface area contributed by atoms with Crippen LogP contribution in [0.25, 0.3) is 0 Å². The highest BCUT2D eigenvalue weighted by Gasteiger charge is 2.10. The van der Waals surface area contributed by atoms with E-state index in [2.05, 4.69) is 21.2 Å². The van der Waals surface area contributed by atoms with Gasteiger partial charge in [-0.15, -0.1) is 0 Å². The van der Waals surface area contributed by atoms with Crippen LogP contribution in [0.5, 0.6) is 0 Å². The summed E-state index contributed by atoms with van der Waals surface area (Å²) in [6, 6.07) is 10.7. The summed E-state index contributed by atoms with van der Waals surface area (Å²) in [4.78, 5) is 11.7.